The lowest BCUT2D eigenvalue weighted by molar-refractivity contribution is 0.538. The zero-order valence-corrected chi connectivity index (χ0v) is 12.0. The van der Waals surface area contributed by atoms with Crippen LogP contribution in [0.15, 0.2) is 23.1 Å². The smallest absolute Gasteiger partial charge is 0.229 e. The minimum atomic E-state index is -4.05. The van der Waals surface area contributed by atoms with Crippen LogP contribution in [0.2, 0.25) is 0 Å². The number of halogens is 2. The lowest BCUT2D eigenvalue weighted by Crippen LogP contribution is -2.30. The van der Waals surface area contributed by atoms with Crippen molar-refractivity contribution in [2.45, 2.75) is 11.3 Å². The lowest BCUT2D eigenvalue weighted by Gasteiger charge is -2.10. The Morgan fingerprint density at radius 3 is 2.30 bits per heavy atom. The molecule has 0 spiro atoms. The Morgan fingerprint density at radius 1 is 1.20 bits per heavy atom. The van der Waals surface area contributed by atoms with Gasteiger partial charge in [0.15, 0.2) is 9.84 Å². The van der Waals surface area contributed by atoms with Crippen LogP contribution in [0.3, 0.4) is 0 Å². The minimum Gasteiger partial charge on any atom is -0.229 e. The molecule has 1 aliphatic heterocycles. The first-order valence-electron chi connectivity index (χ1n) is 5.84. The van der Waals surface area contributed by atoms with E-state index in [1.54, 1.807) is 0 Å². The minimum absolute atomic E-state index is 0.0357. The maximum absolute atomic E-state index is 13.0. The molecule has 2 rings (SSSR count). The topological polar surface area (TPSA) is 80.3 Å². The number of sulfone groups is 1. The van der Waals surface area contributed by atoms with Gasteiger partial charge >= 0.3 is 0 Å². The number of nitrogens with one attached hydrogen (secondary N) is 1. The van der Waals surface area contributed by atoms with Crippen LogP contribution in [0.1, 0.15) is 6.42 Å². The van der Waals surface area contributed by atoms with Crippen molar-refractivity contribution < 1.29 is 25.6 Å². The molecule has 20 heavy (non-hydrogen) atoms. The molecule has 1 aromatic carbocycles. The first kappa shape index (κ1) is 15.3. The summed E-state index contributed by atoms with van der Waals surface area (Å²) in [5.74, 6) is -2.34. The van der Waals surface area contributed by atoms with Gasteiger partial charge in [-0.25, -0.2) is 30.3 Å². The van der Waals surface area contributed by atoms with Gasteiger partial charge in [0.2, 0.25) is 10.0 Å². The van der Waals surface area contributed by atoms with E-state index >= 15 is 0 Å². The summed E-state index contributed by atoms with van der Waals surface area (Å²) in [4.78, 5) is -0.518. The molecule has 1 N–H and O–H groups in total. The fourth-order valence-electron chi connectivity index (χ4n) is 2.03. The fourth-order valence-corrected chi connectivity index (χ4v) is 5.05. The Bertz CT molecular complexity index is 696. The largest absolute Gasteiger partial charge is 0.240 e. The zero-order chi connectivity index (χ0) is 15.0. The van der Waals surface area contributed by atoms with Crippen LogP contribution in [0.4, 0.5) is 8.78 Å². The highest BCUT2D eigenvalue weighted by Gasteiger charge is 2.29. The zero-order valence-electron chi connectivity index (χ0n) is 10.3. The molecule has 1 aromatic rings. The third kappa shape index (κ3) is 3.74. The maximum Gasteiger partial charge on any atom is 0.240 e. The van der Waals surface area contributed by atoms with E-state index in [9.17, 15) is 25.6 Å². The second kappa shape index (κ2) is 5.38. The maximum atomic E-state index is 13.0. The molecule has 1 aliphatic rings. The molecule has 0 bridgehead atoms. The molecule has 0 unspecified atom stereocenters. The Labute approximate surface area is 116 Å². The Kier molecular flexibility index (Phi) is 4.12. The van der Waals surface area contributed by atoms with Crippen molar-refractivity contribution in [1.82, 2.24) is 4.72 Å². The molecule has 1 saturated heterocycles. The molecular weight excluding hydrogens is 312 g/mol. The summed E-state index contributed by atoms with van der Waals surface area (Å²) >= 11 is 0. The van der Waals surface area contributed by atoms with E-state index in [-0.39, 0.29) is 24.0 Å². The summed E-state index contributed by atoms with van der Waals surface area (Å²) in [7, 11) is -7.15. The van der Waals surface area contributed by atoms with Crippen molar-refractivity contribution in [2.24, 2.45) is 5.92 Å². The third-order valence-electron chi connectivity index (χ3n) is 3.04. The Morgan fingerprint density at radius 2 is 1.80 bits per heavy atom. The predicted molar refractivity (Wildman–Crippen MR) is 68.3 cm³/mol. The highest BCUT2D eigenvalue weighted by atomic mass is 32.2. The first-order chi connectivity index (χ1) is 9.18. The molecule has 1 atom stereocenters. The molecule has 0 aliphatic carbocycles. The monoisotopic (exact) mass is 325 g/mol. The van der Waals surface area contributed by atoms with E-state index < -0.39 is 36.4 Å². The van der Waals surface area contributed by atoms with Crippen molar-refractivity contribution in [3.63, 3.8) is 0 Å². The molecule has 112 valence electrons. The molecule has 9 heteroatoms. The quantitative estimate of drug-likeness (QED) is 0.883. The number of hydrogen-bond donors (Lipinski definition) is 1. The molecule has 0 amide bonds. The second-order valence-electron chi connectivity index (χ2n) is 4.73. The van der Waals surface area contributed by atoms with Gasteiger partial charge in [-0.2, -0.15) is 0 Å². The number of benzene rings is 1. The van der Waals surface area contributed by atoms with Gasteiger partial charge in [0.25, 0.3) is 0 Å². The van der Waals surface area contributed by atoms with Gasteiger partial charge in [-0.3, -0.25) is 0 Å². The van der Waals surface area contributed by atoms with E-state index in [2.05, 4.69) is 4.72 Å². The van der Waals surface area contributed by atoms with Gasteiger partial charge in [-0.15, -0.1) is 0 Å². The van der Waals surface area contributed by atoms with Crippen molar-refractivity contribution >= 4 is 19.9 Å². The van der Waals surface area contributed by atoms with E-state index in [0.29, 0.717) is 24.6 Å². The summed E-state index contributed by atoms with van der Waals surface area (Å²) < 4.78 is 74.4. The van der Waals surface area contributed by atoms with E-state index in [1.165, 1.54) is 0 Å². The molecule has 1 fully saturated rings. The molecule has 0 aromatic heterocycles. The number of sulfonamides is 1. The average molecular weight is 325 g/mol. The second-order valence-corrected chi connectivity index (χ2v) is 8.72. The third-order valence-corrected chi connectivity index (χ3v) is 6.28. The first-order valence-corrected chi connectivity index (χ1v) is 9.15. The van der Waals surface area contributed by atoms with E-state index in [1.807, 2.05) is 0 Å². The fraction of sp³-hybridized carbons (Fsp3) is 0.455. The summed E-state index contributed by atoms with van der Waals surface area (Å²) in [6.45, 7) is -0.0697. The van der Waals surface area contributed by atoms with Crippen molar-refractivity contribution in [1.29, 1.82) is 0 Å². The summed E-state index contributed by atoms with van der Waals surface area (Å²) in [5, 5.41) is 0. The van der Waals surface area contributed by atoms with Gasteiger partial charge in [0, 0.05) is 12.6 Å². The molecular formula is C11H13F2NO4S2. The molecule has 0 radical (unpaired) electrons. The van der Waals surface area contributed by atoms with Gasteiger partial charge in [0.1, 0.15) is 11.6 Å². The molecule has 0 saturated carbocycles. The predicted octanol–water partition coefficient (Wildman–Crippen LogP) is 0.678. The van der Waals surface area contributed by atoms with Crippen LogP contribution in [-0.2, 0) is 19.9 Å². The standard InChI is InChI=1S/C11H13F2NO4S2/c12-9-3-10(13)5-11(4-9)20(17,18)14-6-8-1-2-19(15,16)7-8/h3-5,8,14H,1-2,6-7H2/t8-/m1/s1. The Hall–Kier alpha value is -1.06. The lowest BCUT2D eigenvalue weighted by atomic mass is 10.1. The van der Waals surface area contributed by atoms with Gasteiger partial charge in [-0.05, 0) is 24.5 Å². The van der Waals surface area contributed by atoms with Crippen molar-refractivity contribution in [3.8, 4) is 0 Å². The van der Waals surface area contributed by atoms with Crippen molar-refractivity contribution in [2.75, 3.05) is 18.1 Å². The van der Waals surface area contributed by atoms with E-state index in [4.69, 9.17) is 0 Å². The van der Waals surface area contributed by atoms with Crippen LogP contribution in [0.25, 0.3) is 0 Å². The highest BCUT2D eigenvalue weighted by Crippen LogP contribution is 2.19. The summed E-state index contributed by atoms with van der Waals surface area (Å²) in [6.07, 6.45) is 0.377. The van der Waals surface area contributed by atoms with Crippen LogP contribution in [0, 0.1) is 17.6 Å². The van der Waals surface area contributed by atoms with E-state index in [0.717, 1.165) is 0 Å². The average Bonchev–Trinajstić information content (AvgIpc) is 2.65. The SMILES string of the molecule is O=S1(=O)CC[C@H](CNS(=O)(=O)c2cc(F)cc(F)c2)C1. The summed E-state index contributed by atoms with van der Waals surface area (Å²) in [6, 6.07) is 1.98. The summed E-state index contributed by atoms with van der Waals surface area (Å²) in [5.41, 5.74) is 0. The molecule has 1 heterocycles. The Balaban J connectivity index is 2.08. The highest BCUT2D eigenvalue weighted by molar-refractivity contribution is 7.91. The van der Waals surface area contributed by atoms with Crippen molar-refractivity contribution in [3.05, 3.63) is 29.8 Å². The number of hydrogen-bond acceptors (Lipinski definition) is 4. The van der Waals surface area contributed by atoms with Crippen LogP contribution in [0.5, 0.6) is 0 Å². The van der Waals surface area contributed by atoms with Gasteiger partial charge in [0.05, 0.1) is 16.4 Å². The van der Waals surface area contributed by atoms with Crippen LogP contribution >= 0.6 is 0 Å². The van der Waals surface area contributed by atoms with Crippen LogP contribution in [-0.4, -0.2) is 34.9 Å². The van der Waals surface area contributed by atoms with Gasteiger partial charge in [-0.1, -0.05) is 0 Å². The van der Waals surface area contributed by atoms with Crippen LogP contribution < -0.4 is 4.72 Å². The molecule has 5 nitrogen and oxygen atoms in total. The normalized spacial score (nSPS) is 22.0. The van der Waals surface area contributed by atoms with Gasteiger partial charge < -0.3 is 0 Å². The number of rotatable bonds is 4.